The van der Waals surface area contributed by atoms with Crippen LogP contribution in [-0.4, -0.2) is 86.5 Å². The van der Waals surface area contributed by atoms with Gasteiger partial charge in [0.25, 0.3) is 0 Å². The van der Waals surface area contributed by atoms with Gasteiger partial charge < -0.3 is 15.1 Å². The highest BCUT2D eigenvalue weighted by Gasteiger charge is 2.42. The number of piperazine rings is 1. The molecule has 0 radical (unpaired) electrons. The Hall–Kier alpha value is -0.570. The van der Waals surface area contributed by atoms with Gasteiger partial charge >= 0.3 is 0 Å². The Bertz CT molecular complexity index is 481. The van der Waals surface area contributed by atoms with Crippen LogP contribution in [0.1, 0.15) is 46.5 Å². The van der Waals surface area contributed by atoms with Gasteiger partial charge in [-0.05, 0) is 25.7 Å². The van der Waals surface area contributed by atoms with Gasteiger partial charge in [0.15, 0.2) is 5.96 Å². The normalized spacial score (nSPS) is 20.5. The van der Waals surface area contributed by atoms with Gasteiger partial charge in [-0.2, -0.15) is 0 Å². The van der Waals surface area contributed by atoms with E-state index in [9.17, 15) is 4.79 Å². The van der Waals surface area contributed by atoms with E-state index in [1.807, 2.05) is 14.1 Å². The van der Waals surface area contributed by atoms with E-state index in [2.05, 4.69) is 35.9 Å². The second-order valence-electron chi connectivity index (χ2n) is 8.54. The van der Waals surface area contributed by atoms with E-state index in [-0.39, 0.29) is 35.3 Å². The topological polar surface area (TPSA) is 51.2 Å². The lowest BCUT2D eigenvalue weighted by atomic mass is 9.85. The first kappa shape index (κ1) is 24.5. The van der Waals surface area contributed by atoms with E-state index in [4.69, 9.17) is 4.99 Å². The molecule has 1 amide bonds. The summed E-state index contributed by atoms with van der Waals surface area (Å²) in [5.41, 5.74) is -0.288. The van der Waals surface area contributed by atoms with Crippen LogP contribution in [0.2, 0.25) is 0 Å². The molecule has 0 aromatic rings. The number of nitrogens with zero attached hydrogens (tertiary/aromatic N) is 4. The maximum Gasteiger partial charge on any atom is 0.230 e. The fourth-order valence-electron chi connectivity index (χ4n) is 4.28. The Morgan fingerprint density at radius 1 is 1.15 bits per heavy atom. The van der Waals surface area contributed by atoms with Crippen molar-refractivity contribution in [2.45, 2.75) is 46.5 Å². The molecule has 1 saturated carbocycles. The fraction of sp³-hybridized carbons (Fsp3) is 0.900. The lowest BCUT2D eigenvalue weighted by Gasteiger charge is -2.37. The third-order valence-corrected chi connectivity index (χ3v) is 5.58. The molecule has 0 atom stereocenters. The summed E-state index contributed by atoms with van der Waals surface area (Å²) < 4.78 is 0. The number of aliphatic imine (C=N–C) groups is 1. The van der Waals surface area contributed by atoms with Crippen LogP contribution >= 0.6 is 24.0 Å². The average Bonchev–Trinajstić information content (AvgIpc) is 3.08. The summed E-state index contributed by atoms with van der Waals surface area (Å²) in [4.78, 5) is 24.4. The van der Waals surface area contributed by atoms with Crippen molar-refractivity contribution >= 4 is 35.8 Å². The van der Waals surface area contributed by atoms with E-state index in [1.165, 1.54) is 6.54 Å². The minimum atomic E-state index is -0.288. The number of amides is 1. The van der Waals surface area contributed by atoms with Crippen LogP contribution in [0.4, 0.5) is 0 Å². The van der Waals surface area contributed by atoms with Crippen LogP contribution in [0.15, 0.2) is 4.99 Å². The van der Waals surface area contributed by atoms with Crippen molar-refractivity contribution in [3.63, 3.8) is 0 Å². The summed E-state index contributed by atoms with van der Waals surface area (Å²) in [7, 11) is 3.73. The van der Waals surface area contributed by atoms with Crippen molar-refractivity contribution in [1.82, 2.24) is 20.0 Å². The summed E-state index contributed by atoms with van der Waals surface area (Å²) in [5, 5.41) is 3.45. The molecule has 2 fully saturated rings. The number of halogens is 1. The molecule has 1 aliphatic heterocycles. The molecule has 0 aromatic heterocycles. The largest absolute Gasteiger partial charge is 0.357 e. The monoisotopic (exact) mass is 493 g/mol. The molecular weight excluding hydrogens is 453 g/mol. The zero-order chi connectivity index (χ0) is 19.2. The predicted octanol–water partition coefficient (Wildman–Crippen LogP) is 2.49. The first-order valence-electron chi connectivity index (χ1n) is 10.4. The van der Waals surface area contributed by atoms with Gasteiger partial charge in [0.1, 0.15) is 0 Å². The first-order valence-corrected chi connectivity index (χ1v) is 10.4. The molecule has 7 heteroatoms. The van der Waals surface area contributed by atoms with Crippen molar-refractivity contribution in [2.75, 3.05) is 59.9 Å². The molecule has 27 heavy (non-hydrogen) atoms. The number of guanidine groups is 1. The highest BCUT2D eigenvalue weighted by molar-refractivity contribution is 14.0. The van der Waals surface area contributed by atoms with E-state index in [1.54, 1.807) is 4.90 Å². The molecule has 158 valence electrons. The van der Waals surface area contributed by atoms with Crippen molar-refractivity contribution in [3.05, 3.63) is 0 Å². The maximum atomic E-state index is 12.8. The van der Waals surface area contributed by atoms with Crippen molar-refractivity contribution in [2.24, 2.45) is 16.3 Å². The van der Waals surface area contributed by atoms with E-state index < -0.39 is 0 Å². The minimum absolute atomic E-state index is 0. The van der Waals surface area contributed by atoms with Gasteiger partial charge in [0.05, 0.1) is 12.0 Å². The van der Waals surface area contributed by atoms with Crippen molar-refractivity contribution < 1.29 is 4.79 Å². The van der Waals surface area contributed by atoms with Crippen LogP contribution in [0.25, 0.3) is 0 Å². The highest BCUT2D eigenvalue weighted by Crippen LogP contribution is 2.39. The molecule has 1 N–H and O–H groups in total. The summed E-state index contributed by atoms with van der Waals surface area (Å²) >= 11 is 0. The van der Waals surface area contributed by atoms with E-state index in [0.29, 0.717) is 12.5 Å². The Labute approximate surface area is 183 Å². The standard InChI is InChI=1S/C20H39N5O.HI/c1-6-21-19(25-13-11-24(12-14-25)15-17(2)3)22-16-20(9-7-8-10-20)18(26)23(4)5;/h17H,6-16H2,1-5H3,(H,21,22);1H. The molecule has 0 unspecified atom stereocenters. The molecule has 0 aromatic carbocycles. The number of rotatable bonds is 6. The maximum absolute atomic E-state index is 12.8. The number of nitrogens with one attached hydrogen (secondary N) is 1. The molecule has 0 bridgehead atoms. The zero-order valence-electron chi connectivity index (χ0n) is 18.0. The molecule has 2 rings (SSSR count). The molecule has 2 aliphatic rings. The number of hydrogen-bond donors (Lipinski definition) is 1. The minimum Gasteiger partial charge on any atom is -0.357 e. The van der Waals surface area contributed by atoms with Gasteiger partial charge in [-0.15, -0.1) is 24.0 Å². The third kappa shape index (κ3) is 6.76. The molecule has 6 nitrogen and oxygen atoms in total. The smallest absolute Gasteiger partial charge is 0.230 e. The van der Waals surface area contributed by atoms with Gasteiger partial charge in [-0.3, -0.25) is 14.7 Å². The van der Waals surface area contributed by atoms with Crippen LogP contribution in [0.5, 0.6) is 0 Å². The molecule has 0 spiro atoms. The molecule has 1 aliphatic carbocycles. The Kier molecular flexibility index (Phi) is 10.4. The summed E-state index contributed by atoms with van der Waals surface area (Å²) in [5.74, 6) is 1.94. The van der Waals surface area contributed by atoms with Crippen LogP contribution in [-0.2, 0) is 4.79 Å². The SMILES string of the molecule is CCNC(=NCC1(C(=O)N(C)C)CCCC1)N1CCN(CC(C)C)CC1.I. The summed E-state index contributed by atoms with van der Waals surface area (Å²) in [6.45, 7) is 13.5. The quantitative estimate of drug-likeness (QED) is 0.351. The molecule has 1 heterocycles. The lowest BCUT2D eigenvalue weighted by molar-refractivity contribution is -0.138. The van der Waals surface area contributed by atoms with Crippen LogP contribution in [0.3, 0.4) is 0 Å². The predicted molar refractivity (Wildman–Crippen MR) is 124 cm³/mol. The highest BCUT2D eigenvalue weighted by atomic mass is 127. The third-order valence-electron chi connectivity index (χ3n) is 5.58. The Morgan fingerprint density at radius 2 is 1.74 bits per heavy atom. The lowest BCUT2D eigenvalue weighted by Crippen LogP contribution is -2.53. The second kappa shape index (κ2) is 11.4. The number of hydrogen-bond acceptors (Lipinski definition) is 3. The van der Waals surface area contributed by atoms with Gasteiger partial charge in [0.2, 0.25) is 5.91 Å². The second-order valence-corrected chi connectivity index (χ2v) is 8.54. The van der Waals surface area contributed by atoms with E-state index in [0.717, 1.165) is 64.4 Å². The zero-order valence-corrected chi connectivity index (χ0v) is 20.3. The Balaban J connectivity index is 0.00000364. The van der Waals surface area contributed by atoms with Crippen molar-refractivity contribution in [1.29, 1.82) is 0 Å². The van der Waals surface area contributed by atoms with E-state index >= 15 is 0 Å². The summed E-state index contributed by atoms with van der Waals surface area (Å²) in [6, 6.07) is 0. The van der Waals surface area contributed by atoms with Gasteiger partial charge in [-0.25, -0.2) is 0 Å². The fourth-order valence-corrected chi connectivity index (χ4v) is 4.28. The molecule has 1 saturated heterocycles. The molecular formula is C20H40IN5O. The average molecular weight is 493 g/mol. The van der Waals surface area contributed by atoms with Gasteiger partial charge in [0, 0.05) is 53.4 Å². The van der Waals surface area contributed by atoms with Crippen LogP contribution < -0.4 is 5.32 Å². The van der Waals surface area contributed by atoms with Crippen LogP contribution in [0, 0.1) is 11.3 Å². The van der Waals surface area contributed by atoms with Crippen molar-refractivity contribution in [3.8, 4) is 0 Å². The summed E-state index contributed by atoms with van der Waals surface area (Å²) in [6.07, 6.45) is 4.21. The Morgan fingerprint density at radius 3 is 2.22 bits per heavy atom. The van der Waals surface area contributed by atoms with Gasteiger partial charge in [-0.1, -0.05) is 26.7 Å². The number of carbonyl (C=O) groups is 1. The first-order chi connectivity index (χ1) is 12.4. The number of carbonyl (C=O) groups excluding carboxylic acids is 1.